The van der Waals surface area contributed by atoms with Gasteiger partial charge >= 0.3 is 0 Å². The molecular weight excluding hydrogens is 298 g/mol. The molecule has 0 spiro atoms. The molecule has 106 valence electrons. The Hall–Kier alpha value is -1.08. The van der Waals surface area contributed by atoms with Gasteiger partial charge in [-0.25, -0.2) is 0 Å². The highest BCUT2D eigenvalue weighted by Crippen LogP contribution is 2.25. The lowest BCUT2D eigenvalue weighted by molar-refractivity contribution is 0.191. The Morgan fingerprint density at radius 3 is 2.90 bits per heavy atom. The summed E-state index contributed by atoms with van der Waals surface area (Å²) in [5.41, 5.74) is 0. The molecule has 1 fully saturated rings. The Morgan fingerprint density at radius 1 is 1.40 bits per heavy atom. The number of nitrogens with zero attached hydrogens (tertiary/aromatic N) is 2. The van der Waals surface area contributed by atoms with Gasteiger partial charge in [-0.3, -0.25) is 0 Å². The van der Waals surface area contributed by atoms with Crippen molar-refractivity contribution in [3.8, 4) is 0 Å². The van der Waals surface area contributed by atoms with E-state index in [4.69, 9.17) is 16.1 Å². The molecule has 2 aromatic rings. The summed E-state index contributed by atoms with van der Waals surface area (Å²) in [7, 11) is 0. The zero-order chi connectivity index (χ0) is 13.9. The van der Waals surface area contributed by atoms with E-state index >= 15 is 0 Å². The van der Waals surface area contributed by atoms with Crippen molar-refractivity contribution in [3.05, 3.63) is 41.0 Å². The maximum absolute atomic E-state index is 9.47. The predicted molar refractivity (Wildman–Crippen MR) is 76.7 cm³/mol. The van der Waals surface area contributed by atoms with Crippen LogP contribution in [0.2, 0.25) is 5.02 Å². The van der Waals surface area contributed by atoms with Crippen molar-refractivity contribution in [2.45, 2.75) is 29.2 Å². The van der Waals surface area contributed by atoms with Crippen LogP contribution in [0.25, 0.3) is 0 Å². The zero-order valence-corrected chi connectivity index (χ0v) is 12.2. The molecule has 1 aliphatic heterocycles. The second kappa shape index (κ2) is 6.13. The number of benzene rings is 1. The topological polar surface area (TPSA) is 71.2 Å². The number of aliphatic hydroxyl groups is 1. The molecule has 2 N–H and O–H groups in total. The number of hydrogen-bond acceptors (Lipinski definition) is 6. The van der Waals surface area contributed by atoms with Crippen LogP contribution < -0.4 is 5.32 Å². The van der Waals surface area contributed by atoms with Gasteiger partial charge in [-0.15, -0.1) is 11.8 Å². The minimum Gasteiger partial charge on any atom is -0.392 e. The molecule has 0 amide bonds. The van der Waals surface area contributed by atoms with E-state index in [1.807, 2.05) is 24.3 Å². The monoisotopic (exact) mass is 311 g/mol. The van der Waals surface area contributed by atoms with Crippen LogP contribution in [-0.4, -0.2) is 27.9 Å². The van der Waals surface area contributed by atoms with Gasteiger partial charge in [-0.05, 0) is 30.7 Å². The average Bonchev–Trinajstić information content (AvgIpc) is 3.07. The zero-order valence-electron chi connectivity index (χ0n) is 10.6. The van der Waals surface area contributed by atoms with Crippen molar-refractivity contribution >= 4 is 23.4 Å². The Kier molecular flexibility index (Phi) is 4.26. The molecule has 0 bridgehead atoms. The fourth-order valence-corrected chi connectivity index (χ4v) is 2.92. The second-order valence-corrected chi connectivity index (χ2v) is 6.13. The Balaban J connectivity index is 1.58. The number of β-amino-alcohol motifs (C(OH)–C–C–N with tert-alkyl or cyclic N) is 1. The molecule has 1 aromatic heterocycles. The molecule has 1 saturated heterocycles. The van der Waals surface area contributed by atoms with Crippen LogP contribution in [0.5, 0.6) is 0 Å². The molecular formula is C13H14ClN3O2S. The summed E-state index contributed by atoms with van der Waals surface area (Å²) in [4.78, 5) is 5.47. The molecule has 2 heterocycles. The van der Waals surface area contributed by atoms with Gasteiger partial charge in [0.1, 0.15) is 0 Å². The smallest absolute Gasteiger partial charge is 0.243 e. The lowest BCUT2D eigenvalue weighted by Crippen LogP contribution is -2.15. The molecule has 20 heavy (non-hydrogen) atoms. The first-order chi connectivity index (χ1) is 9.70. The van der Waals surface area contributed by atoms with Gasteiger partial charge in [0.15, 0.2) is 5.82 Å². The summed E-state index contributed by atoms with van der Waals surface area (Å²) in [6.07, 6.45) is 0.283. The minimum absolute atomic E-state index is 0.0354. The van der Waals surface area contributed by atoms with Gasteiger partial charge < -0.3 is 14.9 Å². The molecule has 2 atom stereocenters. The van der Waals surface area contributed by atoms with Crippen molar-refractivity contribution in [1.29, 1.82) is 0 Å². The molecule has 1 aromatic carbocycles. The predicted octanol–water partition coefficient (Wildman–Crippen LogP) is 2.41. The normalized spacial score (nSPS) is 22.3. The van der Waals surface area contributed by atoms with Crippen LogP contribution in [0.1, 0.15) is 24.2 Å². The average molecular weight is 312 g/mol. The van der Waals surface area contributed by atoms with E-state index in [1.165, 1.54) is 0 Å². The lowest BCUT2D eigenvalue weighted by Gasteiger charge is -2.01. The van der Waals surface area contributed by atoms with Gasteiger partial charge in [0.05, 0.1) is 17.9 Å². The van der Waals surface area contributed by atoms with Crippen LogP contribution in [-0.2, 0) is 5.75 Å². The summed E-state index contributed by atoms with van der Waals surface area (Å²) >= 11 is 7.47. The van der Waals surface area contributed by atoms with Crippen LogP contribution in [0.3, 0.4) is 0 Å². The number of nitrogens with one attached hydrogen (secondary N) is 1. The van der Waals surface area contributed by atoms with E-state index in [2.05, 4.69) is 15.5 Å². The molecule has 0 saturated carbocycles. The number of thioether (sulfide) groups is 1. The Morgan fingerprint density at radius 2 is 2.20 bits per heavy atom. The van der Waals surface area contributed by atoms with E-state index in [-0.39, 0.29) is 12.1 Å². The SMILES string of the molecule is O[C@H]1CN[C@H](c2nc(CSc3ccc(Cl)cc3)no2)C1. The molecule has 5 nitrogen and oxygen atoms in total. The summed E-state index contributed by atoms with van der Waals surface area (Å²) in [5.74, 6) is 1.84. The van der Waals surface area contributed by atoms with E-state index < -0.39 is 0 Å². The molecule has 0 unspecified atom stereocenters. The fraction of sp³-hybridized carbons (Fsp3) is 0.385. The summed E-state index contributed by atoms with van der Waals surface area (Å²) in [6, 6.07) is 7.60. The number of aromatic nitrogens is 2. The summed E-state index contributed by atoms with van der Waals surface area (Å²) < 4.78 is 5.24. The van der Waals surface area contributed by atoms with Crippen LogP contribution in [0.4, 0.5) is 0 Å². The van der Waals surface area contributed by atoms with E-state index in [0.717, 1.165) is 9.92 Å². The van der Waals surface area contributed by atoms with Gasteiger partial charge in [0, 0.05) is 16.5 Å². The van der Waals surface area contributed by atoms with Gasteiger partial charge in [0.25, 0.3) is 0 Å². The maximum Gasteiger partial charge on any atom is 0.243 e. The van der Waals surface area contributed by atoms with Gasteiger partial charge in [0.2, 0.25) is 5.89 Å². The maximum atomic E-state index is 9.47. The number of hydrogen-bond donors (Lipinski definition) is 2. The first kappa shape index (κ1) is 13.9. The third-order valence-corrected chi connectivity index (χ3v) is 4.33. The van der Waals surface area contributed by atoms with Crippen molar-refractivity contribution in [3.63, 3.8) is 0 Å². The van der Waals surface area contributed by atoms with E-state index in [1.54, 1.807) is 11.8 Å². The highest BCUT2D eigenvalue weighted by molar-refractivity contribution is 7.98. The minimum atomic E-state index is -0.334. The van der Waals surface area contributed by atoms with Crippen LogP contribution in [0.15, 0.2) is 33.7 Å². The number of aliphatic hydroxyl groups excluding tert-OH is 1. The van der Waals surface area contributed by atoms with Crippen molar-refractivity contribution in [2.24, 2.45) is 0 Å². The second-order valence-electron chi connectivity index (χ2n) is 4.64. The van der Waals surface area contributed by atoms with Crippen molar-refractivity contribution in [1.82, 2.24) is 15.5 Å². The van der Waals surface area contributed by atoms with Crippen LogP contribution >= 0.6 is 23.4 Å². The largest absolute Gasteiger partial charge is 0.392 e. The van der Waals surface area contributed by atoms with Crippen molar-refractivity contribution < 1.29 is 9.63 Å². The van der Waals surface area contributed by atoms with E-state index in [9.17, 15) is 5.11 Å². The molecule has 3 rings (SSSR count). The quantitative estimate of drug-likeness (QED) is 0.845. The van der Waals surface area contributed by atoms with Gasteiger partial charge in [-0.1, -0.05) is 16.8 Å². The standard InChI is InChI=1S/C13H14ClN3O2S/c14-8-1-3-10(4-2-8)20-7-12-16-13(19-17-12)11-5-9(18)6-15-11/h1-4,9,11,15,18H,5-7H2/t9-,11+/m1/s1. The lowest BCUT2D eigenvalue weighted by atomic mass is 10.2. The molecule has 1 aliphatic rings. The van der Waals surface area contributed by atoms with E-state index in [0.29, 0.717) is 30.4 Å². The number of rotatable bonds is 4. The Labute approximate surface area is 125 Å². The Bertz CT molecular complexity index is 575. The number of halogens is 1. The fourth-order valence-electron chi connectivity index (χ4n) is 2.05. The highest BCUT2D eigenvalue weighted by Gasteiger charge is 2.27. The third kappa shape index (κ3) is 3.32. The molecule has 7 heteroatoms. The van der Waals surface area contributed by atoms with Crippen LogP contribution in [0, 0.1) is 0 Å². The first-order valence-corrected chi connectivity index (χ1v) is 7.69. The first-order valence-electron chi connectivity index (χ1n) is 6.33. The summed E-state index contributed by atoms with van der Waals surface area (Å²) in [5, 5.41) is 17.3. The van der Waals surface area contributed by atoms with Crippen molar-refractivity contribution in [2.75, 3.05) is 6.54 Å². The molecule has 0 radical (unpaired) electrons. The van der Waals surface area contributed by atoms with Gasteiger partial charge in [-0.2, -0.15) is 4.98 Å². The third-order valence-electron chi connectivity index (χ3n) is 3.07. The molecule has 0 aliphatic carbocycles. The highest BCUT2D eigenvalue weighted by atomic mass is 35.5. The summed E-state index contributed by atoms with van der Waals surface area (Å²) in [6.45, 7) is 0.571.